The Labute approximate surface area is 161 Å². The highest BCUT2D eigenvalue weighted by Gasteiger charge is 2.56. The number of carbonyl (C=O) groups excluding carboxylic acids is 2. The molecule has 1 aliphatic carbocycles. The summed E-state index contributed by atoms with van der Waals surface area (Å²) in [4.78, 5) is 25.9. The fraction of sp³-hybridized carbons (Fsp3) is 0.391. The first-order valence-corrected chi connectivity index (χ1v) is 9.44. The first-order chi connectivity index (χ1) is 12.6. The van der Waals surface area contributed by atoms with E-state index in [2.05, 4.69) is 31.4 Å². The van der Waals surface area contributed by atoms with E-state index in [1.54, 1.807) is 0 Å². The third-order valence-corrected chi connectivity index (χ3v) is 5.32. The first-order valence-electron chi connectivity index (χ1n) is 9.44. The van der Waals surface area contributed by atoms with Gasteiger partial charge >= 0.3 is 0 Å². The summed E-state index contributed by atoms with van der Waals surface area (Å²) in [7, 11) is 0. The standard InChI is InChI=1S/C23H28N2O2/c1-15-9-8-10-16(2)19(15)25-21(27)23(13-14-23)20(26)24-18-12-7-6-11-17(18)22(3,4)5/h6-12H,13-14H2,1-5H3,(H,24,26)(H,25,27). The van der Waals surface area contributed by atoms with E-state index < -0.39 is 5.41 Å². The predicted molar refractivity (Wildman–Crippen MR) is 110 cm³/mol. The van der Waals surface area contributed by atoms with Crippen molar-refractivity contribution in [3.63, 3.8) is 0 Å². The molecule has 0 bridgehead atoms. The van der Waals surface area contributed by atoms with Gasteiger partial charge in [-0.3, -0.25) is 9.59 Å². The predicted octanol–water partition coefficient (Wildman–Crippen LogP) is 4.96. The lowest BCUT2D eigenvalue weighted by molar-refractivity contribution is -0.131. The number of benzene rings is 2. The average Bonchev–Trinajstić information content (AvgIpc) is 3.40. The summed E-state index contributed by atoms with van der Waals surface area (Å²) in [6, 6.07) is 13.7. The lowest BCUT2D eigenvalue weighted by Crippen LogP contribution is -2.36. The van der Waals surface area contributed by atoms with Crippen LogP contribution in [0.2, 0.25) is 0 Å². The number of hydrogen-bond donors (Lipinski definition) is 2. The van der Waals surface area contributed by atoms with E-state index in [-0.39, 0.29) is 17.2 Å². The molecule has 0 aliphatic heterocycles. The zero-order valence-corrected chi connectivity index (χ0v) is 16.8. The maximum atomic E-state index is 13.0. The lowest BCUT2D eigenvalue weighted by atomic mass is 9.85. The van der Waals surface area contributed by atoms with Gasteiger partial charge in [0.2, 0.25) is 11.8 Å². The minimum Gasteiger partial charge on any atom is -0.325 e. The van der Waals surface area contributed by atoms with Crippen molar-refractivity contribution >= 4 is 23.2 Å². The molecule has 0 spiro atoms. The Balaban J connectivity index is 1.81. The van der Waals surface area contributed by atoms with Gasteiger partial charge < -0.3 is 10.6 Å². The normalized spacial score (nSPS) is 15.1. The summed E-state index contributed by atoms with van der Waals surface area (Å²) in [6.07, 6.45) is 1.15. The number of anilines is 2. The van der Waals surface area contributed by atoms with E-state index in [1.165, 1.54) is 0 Å². The number of para-hydroxylation sites is 2. The Bertz CT molecular complexity index is 869. The monoisotopic (exact) mass is 364 g/mol. The van der Waals surface area contributed by atoms with E-state index in [9.17, 15) is 9.59 Å². The van der Waals surface area contributed by atoms with Gasteiger partial charge in [-0.05, 0) is 54.9 Å². The number of aryl methyl sites for hydroxylation is 2. The number of carbonyl (C=O) groups is 2. The van der Waals surface area contributed by atoms with Crippen molar-refractivity contribution in [3.8, 4) is 0 Å². The molecule has 0 heterocycles. The van der Waals surface area contributed by atoms with E-state index in [0.29, 0.717) is 12.8 Å². The number of rotatable bonds is 4. The molecule has 2 aromatic rings. The molecule has 2 N–H and O–H groups in total. The van der Waals surface area contributed by atoms with E-state index in [1.807, 2.05) is 56.3 Å². The van der Waals surface area contributed by atoms with Crippen LogP contribution in [0.5, 0.6) is 0 Å². The Morgan fingerprint density at radius 2 is 1.41 bits per heavy atom. The molecule has 0 unspecified atom stereocenters. The summed E-state index contributed by atoms with van der Waals surface area (Å²) in [5, 5.41) is 6.01. The molecule has 1 fully saturated rings. The fourth-order valence-electron chi connectivity index (χ4n) is 3.42. The van der Waals surface area contributed by atoms with E-state index >= 15 is 0 Å². The third kappa shape index (κ3) is 3.75. The molecule has 0 saturated heterocycles. The molecule has 27 heavy (non-hydrogen) atoms. The molecule has 4 nitrogen and oxygen atoms in total. The van der Waals surface area contributed by atoms with E-state index in [0.717, 1.165) is 28.1 Å². The molecule has 0 radical (unpaired) electrons. The molecular formula is C23H28N2O2. The summed E-state index contributed by atoms with van der Waals surface area (Å²) >= 11 is 0. The number of amides is 2. The van der Waals surface area contributed by atoms with Crippen LogP contribution in [0.15, 0.2) is 42.5 Å². The van der Waals surface area contributed by atoms with Crippen molar-refractivity contribution in [2.45, 2.75) is 52.9 Å². The average molecular weight is 364 g/mol. The topological polar surface area (TPSA) is 58.2 Å². The van der Waals surface area contributed by atoms with Gasteiger partial charge in [-0.15, -0.1) is 0 Å². The second kappa shape index (κ2) is 6.84. The van der Waals surface area contributed by atoms with E-state index in [4.69, 9.17) is 0 Å². The highest BCUT2D eigenvalue weighted by atomic mass is 16.2. The Morgan fingerprint density at radius 1 is 0.852 bits per heavy atom. The van der Waals surface area contributed by atoms with Gasteiger partial charge in [0, 0.05) is 11.4 Å². The number of hydrogen-bond acceptors (Lipinski definition) is 2. The van der Waals surface area contributed by atoms with Gasteiger partial charge in [0.1, 0.15) is 5.41 Å². The zero-order chi connectivity index (χ0) is 19.8. The molecule has 0 aromatic heterocycles. The van der Waals surface area contributed by atoms with Gasteiger partial charge in [0.25, 0.3) is 0 Å². The largest absolute Gasteiger partial charge is 0.325 e. The molecule has 4 heteroatoms. The Morgan fingerprint density at radius 3 is 1.96 bits per heavy atom. The van der Waals surface area contributed by atoms with Crippen molar-refractivity contribution in [3.05, 3.63) is 59.2 Å². The molecule has 1 saturated carbocycles. The molecule has 1 aliphatic rings. The van der Waals surface area contributed by atoms with Crippen molar-refractivity contribution < 1.29 is 9.59 Å². The molecule has 2 amide bonds. The van der Waals surface area contributed by atoms with Crippen LogP contribution < -0.4 is 10.6 Å². The summed E-state index contributed by atoms with van der Waals surface area (Å²) in [5.41, 5.74) is 3.57. The molecular weight excluding hydrogens is 336 g/mol. The van der Waals surface area contributed by atoms with Crippen LogP contribution in [0.4, 0.5) is 11.4 Å². The summed E-state index contributed by atoms with van der Waals surface area (Å²) < 4.78 is 0. The SMILES string of the molecule is Cc1cccc(C)c1NC(=O)C1(C(=O)Nc2ccccc2C(C)(C)C)CC1. The number of nitrogens with one attached hydrogen (secondary N) is 2. The van der Waals surface area contributed by atoms with Crippen molar-refractivity contribution in [2.75, 3.05) is 10.6 Å². The van der Waals surface area contributed by atoms with Crippen LogP contribution in [0.3, 0.4) is 0 Å². The van der Waals surface area contributed by atoms with Crippen LogP contribution in [0.25, 0.3) is 0 Å². The summed E-state index contributed by atoms with van der Waals surface area (Å²) in [6.45, 7) is 10.2. The first kappa shape index (κ1) is 19.2. The Hall–Kier alpha value is -2.62. The van der Waals surface area contributed by atoms with Gasteiger partial charge in [0.05, 0.1) is 0 Å². The second-order valence-corrected chi connectivity index (χ2v) is 8.55. The van der Waals surface area contributed by atoms with Gasteiger partial charge in [-0.1, -0.05) is 57.2 Å². The maximum absolute atomic E-state index is 13.0. The molecule has 0 atom stereocenters. The highest BCUT2D eigenvalue weighted by molar-refractivity contribution is 6.17. The molecule has 142 valence electrons. The van der Waals surface area contributed by atoms with Crippen molar-refractivity contribution in [1.82, 2.24) is 0 Å². The van der Waals surface area contributed by atoms with Crippen LogP contribution in [-0.4, -0.2) is 11.8 Å². The van der Waals surface area contributed by atoms with Crippen LogP contribution >= 0.6 is 0 Å². The zero-order valence-electron chi connectivity index (χ0n) is 16.8. The van der Waals surface area contributed by atoms with Crippen molar-refractivity contribution in [2.24, 2.45) is 5.41 Å². The lowest BCUT2D eigenvalue weighted by Gasteiger charge is -2.24. The van der Waals surface area contributed by atoms with Gasteiger partial charge in [0.15, 0.2) is 0 Å². The molecule has 3 rings (SSSR count). The second-order valence-electron chi connectivity index (χ2n) is 8.55. The van der Waals surface area contributed by atoms with Crippen LogP contribution in [0.1, 0.15) is 50.3 Å². The highest BCUT2D eigenvalue weighted by Crippen LogP contribution is 2.48. The summed E-state index contributed by atoms with van der Waals surface area (Å²) in [5.74, 6) is -0.437. The minimum absolute atomic E-state index is 0.0961. The van der Waals surface area contributed by atoms with Crippen LogP contribution in [0, 0.1) is 19.3 Å². The smallest absolute Gasteiger partial charge is 0.240 e. The van der Waals surface area contributed by atoms with Crippen LogP contribution in [-0.2, 0) is 15.0 Å². The quantitative estimate of drug-likeness (QED) is 0.754. The minimum atomic E-state index is -0.973. The Kier molecular flexibility index (Phi) is 4.85. The van der Waals surface area contributed by atoms with Gasteiger partial charge in [-0.25, -0.2) is 0 Å². The maximum Gasteiger partial charge on any atom is 0.240 e. The third-order valence-electron chi connectivity index (χ3n) is 5.32. The molecule has 2 aromatic carbocycles. The fourth-order valence-corrected chi connectivity index (χ4v) is 3.42. The van der Waals surface area contributed by atoms with Gasteiger partial charge in [-0.2, -0.15) is 0 Å². The van der Waals surface area contributed by atoms with Crippen molar-refractivity contribution in [1.29, 1.82) is 0 Å².